The van der Waals surface area contributed by atoms with Gasteiger partial charge in [0.2, 0.25) is 5.91 Å². The van der Waals surface area contributed by atoms with Crippen LogP contribution < -0.4 is 5.32 Å². The maximum atomic E-state index is 13.3. The van der Waals surface area contributed by atoms with Gasteiger partial charge in [0.05, 0.1) is 28.6 Å². The minimum Gasteiger partial charge on any atom is -0.481 e. The van der Waals surface area contributed by atoms with E-state index in [4.69, 9.17) is 4.98 Å². The van der Waals surface area contributed by atoms with Crippen molar-refractivity contribution in [2.75, 3.05) is 20.6 Å². The van der Waals surface area contributed by atoms with Crippen LogP contribution in [0.3, 0.4) is 0 Å². The molecule has 1 amide bonds. The third kappa shape index (κ3) is 4.59. The zero-order valence-electron chi connectivity index (χ0n) is 19.7. The number of aliphatic carboxylic acids is 1. The number of rotatable bonds is 8. The molecule has 1 heterocycles. The average molecular weight is 478 g/mol. The minimum absolute atomic E-state index is 0.174. The lowest BCUT2D eigenvalue weighted by molar-refractivity contribution is -0.145. The number of carboxylic acid groups (broad SMARTS) is 1. The molecule has 0 aliphatic heterocycles. The van der Waals surface area contributed by atoms with Gasteiger partial charge in [0.1, 0.15) is 5.01 Å². The van der Waals surface area contributed by atoms with E-state index < -0.39 is 11.4 Å². The van der Waals surface area contributed by atoms with Crippen LogP contribution in [0.5, 0.6) is 0 Å². The molecule has 7 heteroatoms. The molecule has 3 aromatic rings. The van der Waals surface area contributed by atoms with Crippen molar-refractivity contribution in [1.82, 2.24) is 15.2 Å². The normalized spacial score (nSPS) is 20.8. The first-order chi connectivity index (χ1) is 16.3. The smallest absolute Gasteiger partial charge is 0.304 e. The second-order valence-electron chi connectivity index (χ2n) is 10.3. The Morgan fingerprint density at radius 2 is 1.85 bits per heavy atom. The van der Waals surface area contributed by atoms with Crippen molar-refractivity contribution in [3.05, 3.63) is 64.2 Å². The van der Waals surface area contributed by atoms with Gasteiger partial charge in [-0.05, 0) is 80.4 Å². The number of carbonyl (C=O) groups excluding carboxylic acids is 1. The number of aromatic nitrogens is 1. The molecule has 34 heavy (non-hydrogen) atoms. The van der Waals surface area contributed by atoms with Crippen LogP contribution in [0.1, 0.15) is 46.9 Å². The van der Waals surface area contributed by atoms with Crippen LogP contribution in [-0.4, -0.2) is 47.5 Å². The summed E-state index contributed by atoms with van der Waals surface area (Å²) in [7, 11) is 4.26. The monoisotopic (exact) mass is 477 g/mol. The Kier molecular flexibility index (Phi) is 6.16. The molecule has 0 spiro atoms. The zero-order valence-corrected chi connectivity index (χ0v) is 20.5. The molecule has 2 aromatic carbocycles. The fraction of sp³-hybridized carbons (Fsp3) is 0.444. The van der Waals surface area contributed by atoms with Crippen molar-refractivity contribution in [2.24, 2.45) is 11.3 Å². The van der Waals surface area contributed by atoms with Gasteiger partial charge in [-0.1, -0.05) is 30.3 Å². The number of amides is 1. The van der Waals surface area contributed by atoms with E-state index in [0.29, 0.717) is 25.3 Å². The average Bonchev–Trinajstić information content (AvgIpc) is 3.34. The summed E-state index contributed by atoms with van der Waals surface area (Å²) >= 11 is 1.61. The summed E-state index contributed by atoms with van der Waals surface area (Å²) in [6, 6.07) is 14.4. The van der Waals surface area contributed by atoms with E-state index >= 15 is 0 Å². The first-order valence-corrected chi connectivity index (χ1v) is 12.7. The van der Waals surface area contributed by atoms with E-state index in [9.17, 15) is 14.7 Å². The lowest BCUT2D eigenvalue weighted by atomic mass is 9.71. The standard InChI is InChI=1S/C27H31N3O3S/c1-30(2)16-17-9-21(10-17)18-7-8-22-23(11-18)34-24(29-22)15-28-26(33)27(14-25(31)32)12-19-5-3-4-6-20(19)13-27/h3-8,11,17,21H,9-10,12-16H2,1-2H3,(H,28,33)(H,31,32)/t17-,21-. The molecule has 0 bridgehead atoms. The van der Waals surface area contributed by atoms with E-state index in [1.165, 1.54) is 18.4 Å². The number of carbonyl (C=O) groups is 2. The maximum Gasteiger partial charge on any atom is 0.304 e. The third-order valence-corrected chi connectivity index (χ3v) is 8.35. The van der Waals surface area contributed by atoms with Crippen LogP contribution >= 0.6 is 11.3 Å². The van der Waals surface area contributed by atoms with Gasteiger partial charge >= 0.3 is 5.97 Å². The summed E-state index contributed by atoms with van der Waals surface area (Å²) in [5.74, 6) is 0.258. The molecule has 1 saturated carbocycles. The van der Waals surface area contributed by atoms with Crippen LogP contribution in [0.4, 0.5) is 0 Å². The van der Waals surface area contributed by atoms with Gasteiger partial charge < -0.3 is 15.3 Å². The summed E-state index contributed by atoms with van der Waals surface area (Å²) in [6.07, 6.45) is 3.22. The van der Waals surface area contributed by atoms with Crippen molar-refractivity contribution < 1.29 is 14.7 Å². The number of thiazole rings is 1. The van der Waals surface area contributed by atoms with Crippen LogP contribution in [-0.2, 0) is 29.0 Å². The zero-order chi connectivity index (χ0) is 23.9. The first kappa shape index (κ1) is 23.0. The fourth-order valence-corrected chi connectivity index (χ4v) is 6.64. The van der Waals surface area contributed by atoms with E-state index in [1.807, 2.05) is 24.3 Å². The first-order valence-electron chi connectivity index (χ1n) is 11.9. The Morgan fingerprint density at radius 3 is 2.50 bits per heavy atom. The van der Waals surface area contributed by atoms with Gasteiger partial charge in [-0.2, -0.15) is 0 Å². The topological polar surface area (TPSA) is 82.5 Å². The van der Waals surface area contributed by atoms with Crippen molar-refractivity contribution in [2.45, 2.75) is 44.6 Å². The summed E-state index contributed by atoms with van der Waals surface area (Å²) in [4.78, 5) is 31.8. The van der Waals surface area contributed by atoms with Gasteiger partial charge in [0.25, 0.3) is 0 Å². The summed E-state index contributed by atoms with van der Waals surface area (Å²) in [5, 5.41) is 13.4. The Hall–Kier alpha value is -2.77. The van der Waals surface area contributed by atoms with E-state index in [2.05, 4.69) is 42.5 Å². The van der Waals surface area contributed by atoms with Crippen molar-refractivity contribution in [3.8, 4) is 0 Å². The Balaban J connectivity index is 1.25. The van der Waals surface area contributed by atoms with Gasteiger partial charge in [0.15, 0.2) is 0 Å². The molecule has 0 radical (unpaired) electrons. The van der Waals surface area contributed by atoms with E-state index in [0.717, 1.165) is 38.8 Å². The van der Waals surface area contributed by atoms with Crippen molar-refractivity contribution in [3.63, 3.8) is 0 Å². The van der Waals surface area contributed by atoms with Crippen LogP contribution in [0.25, 0.3) is 10.2 Å². The fourth-order valence-electron chi connectivity index (χ4n) is 5.68. The quantitative estimate of drug-likeness (QED) is 0.507. The highest BCUT2D eigenvalue weighted by Crippen LogP contribution is 2.43. The molecule has 5 rings (SSSR count). The molecule has 6 nitrogen and oxygen atoms in total. The predicted molar refractivity (Wildman–Crippen MR) is 134 cm³/mol. The Bertz CT molecular complexity index is 1200. The van der Waals surface area contributed by atoms with Crippen LogP contribution in [0.2, 0.25) is 0 Å². The number of hydrogen-bond donors (Lipinski definition) is 2. The number of fused-ring (bicyclic) bond motifs is 2. The minimum atomic E-state index is -0.945. The van der Waals surface area contributed by atoms with E-state index in [-0.39, 0.29) is 12.3 Å². The third-order valence-electron chi connectivity index (χ3n) is 7.33. The van der Waals surface area contributed by atoms with Crippen LogP contribution in [0, 0.1) is 11.3 Å². The van der Waals surface area contributed by atoms with Crippen molar-refractivity contribution in [1.29, 1.82) is 0 Å². The lowest BCUT2D eigenvalue weighted by Crippen LogP contribution is -2.43. The Morgan fingerprint density at radius 1 is 1.15 bits per heavy atom. The second-order valence-corrected chi connectivity index (χ2v) is 11.4. The molecule has 2 N–H and O–H groups in total. The summed E-state index contributed by atoms with van der Waals surface area (Å²) in [5.41, 5.74) is 3.53. The summed E-state index contributed by atoms with van der Waals surface area (Å²) in [6.45, 7) is 1.47. The molecule has 2 aliphatic carbocycles. The molecular formula is C27H31N3O3S. The van der Waals surface area contributed by atoms with E-state index in [1.54, 1.807) is 11.3 Å². The van der Waals surface area contributed by atoms with Crippen molar-refractivity contribution >= 4 is 33.4 Å². The van der Waals surface area contributed by atoms with Gasteiger partial charge in [-0.15, -0.1) is 11.3 Å². The predicted octanol–water partition coefficient (Wildman–Crippen LogP) is 4.23. The van der Waals surface area contributed by atoms with Gasteiger partial charge in [-0.25, -0.2) is 4.98 Å². The molecular weight excluding hydrogens is 446 g/mol. The second kappa shape index (κ2) is 9.12. The summed E-state index contributed by atoms with van der Waals surface area (Å²) < 4.78 is 1.14. The molecule has 0 unspecified atom stereocenters. The number of hydrogen-bond acceptors (Lipinski definition) is 5. The van der Waals surface area contributed by atoms with Gasteiger partial charge in [0, 0.05) is 6.54 Å². The lowest BCUT2D eigenvalue weighted by Gasteiger charge is -2.37. The molecule has 2 aliphatic rings. The molecule has 1 aromatic heterocycles. The van der Waals surface area contributed by atoms with Gasteiger partial charge in [-0.3, -0.25) is 9.59 Å². The highest BCUT2D eigenvalue weighted by Gasteiger charge is 2.45. The highest BCUT2D eigenvalue weighted by molar-refractivity contribution is 7.18. The Labute approximate surface area is 204 Å². The maximum absolute atomic E-state index is 13.3. The number of carboxylic acids is 1. The number of nitrogens with one attached hydrogen (secondary N) is 1. The SMILES string of the molecule is CN(C)C[C@H]1C[C@H](c2ccc3nc(CNC(=O)C4(CC(=O)O)Cc5ccccc5C4)sc3c2)C1. The molecule has 0 atom stereocenters. The molecule has 178 valence electrons. The number of benzene rings is 2. The highest BCUT2D eigenvalue weighted by atomic mass is 32.1. The number of nitrogens with zero attached hydrogens (tertiary/aromatic N) is 2. The molecule has 1 fully saturated rings. The van der Waals surface area contributed by atoms with Crippen LogP contribution in [0.15, 0.2) is 42.5 Å². The molecule has 0 saturated heterocycles. The largest absolute Gasteiger partial charge is 0.481 e.